The summed E-state index contributed by atoms with van der Waals surface area (Å²) in [4.78, 5) is 19.8. The number of rotatable bonds is 3. The largest absolute Gasteiger partial charge is 0.324 e. The van der Waals surface area contributed by atoms with Gasteiger partial charge in [0, 0.05) is 22.9 Å². The summed E-state index contributed by atoms with van der Waals surface area (Å²) in [5.74, 6) is 0.974. The molecule has 2 bridgehead atoms. The van der Waals surface area contributed by atoms with Crippen LogP contribution >= 0.6 is 11.6 Å². The summed E-state index contributed by atoms with van der Waals surface area (Å²) in [6.45, 7) is 2.01. The number of benzene rings is 2. The topological polar surface area (TPSA) is 41.6 Å². The maximum absolute atomic E-state index is 13.4. The Balaban J connectivity index is 1.48. The number of para-hydroxylation sites is 2. The van der Waals surface area contributed by atoms with Gasteiger partial charge in [0.05, 0.1) is 11.8 Å². The maximum Gasteiger partial charge on any atom is 0.250 e. The zero-order chi connectivity index (χ0) is 18.5. The molecule has 2 saturated carbocycles. The van der Waals surface area contributed by atoms with Crippen LogP contribution in [-0.4, -0.2) is 23.4 Å². The number of amides is 1. The van der Waals surface area contributed by atoms with Gasteiger partial charge in [-0.15, -0.1) is 11.6 Å². The lowest BCUT2D eigenvalue weighted by Crippen LogP contribution is -2.45. The van der Waals surface area contributed by atoms with Crippen LogP contribution in [0.5, 0.6) is 0 Å². The fraction of sp³-hybridized carbons (Fsp3) is 0.409. The fourth-order valence-corrected chi connectivity index (χ4v) is 5.68. The molecule has 3 aliphatic rings. The molecule has 0 aromatic heterocycles. The molecule has 5 rings (SSSR count). The van der Waals surface area contributed by atoms with Crippen LogP contribution in [0.4, 0.5) is 11.4 Å². The summed E-state index contributed by atoms with van der Waals surface area (Å²) in [5, 5.41) is 5.13. The molecule has 0 spiro atoms. The van der Waals surface area contributed by atoms with Crippen LogP contribution in [-0.2, 0) is 9.63 Å². The van der Waals surface area contributed by atoms with Crippen molar-refractivity contribution in [2.45, 2.75) is 37.3 Å². The van der Waals surface area contributed by atoms with E-state index in [-0.39, 0.29) is 29.3 Å². The second-order valence-corrected chi connectivity index (χ2v) is 8.53. The Kier molecular flexibility index (Phi) is 4.14. The number of fused-ring (bicyclic) bond motifs is 5. The molecule has 1 N–H and O–H groups in total. The van der Waals surface area contributed by atoms with Crippen molar-refractivity contribution in [3.63, 3.8) is 0 Å². The summed E-state index contributed by atoms with van der Waals surface area (Å²) in [6.07, 6.45) is 2.08. The number of hydrogen-bond donors (Lipinski definition) is 1. The van der Waals surface area contributed by atoms with Crippen molar-refractivity contribution in [3.05, 3.63) is 60.2 Å². The quantitative estimate of drug-likeness (QED) is 0.800. The minimum Gasteiger partial charge on any atom is -0.324 e. The Morgan fingerprint density at radius 3 is 2.63 bits per heavy atom. The van der Waals surface area contributed by atoms with Crippen LogP contribution in [0, 0.1) is 24.7 Å². The van der Waals surface area contributed by atoms with E-state index in [1.165, 1.54) is 0 Å². The van der Waals surface area contributed by atoms with Gasteiger partial charge in [-0.05, 0) is 49.4 Å². The normalized spacial score (nSPS) is 33.9. The number of nitrogens with one attached hydrogen (secondary N) is 1. The van der Waals surface area contributed by atoms with Crippen molar-refractivity contribution in [1.82, 2.24) is 0 Å². The van der Waals surface area contributed by atoms with E-state index in [0.29, 0.717) is 11.8 Å². The SMILES string of the molecule is Cc1ccccc1NC(=O)[C@@H]1[C@H]2[C@@H]3C[C@@H]([C@@H]2ON1c1ccccc1)[C@H](Cl)C3. The van der Waals surface area contributed by atoms with Gasteiger partial charge in [0.1, 0.15) is 6.04 Å². The van der Waals surface area contributed by atoms with Gasteiger partial charge in [0.15, 0.2) is 0 Å². The van der Waals surface area contributed by atoms with Crippen LogP contribution in [0.25, 0.3) is 0 Å². The van der Waals surface area contributed by atoms with Crippen LogP contribution in [0.1, 0.15) is 18.4 Å². The highest BCUT2D eigenvalue weighted by Gasteiger charge is 2.62. The number of alkyl halides is 1. The first-order valence-electron chi connectivity index (χ1n) is 9.65. The third-order valence-corrected chi connectivity index (χ3v) is 6.95. The molecular weight excluding hydrogens is 360 g/mol. The van der Waals surface area contributed by atoms with Gasteiger partial charge in [-0.25, -0.2) is 5.06 Å². The van der Waals surface area contributed by atoms with E-state index in [1.807, 2.05) is 66.6 Å². The fourth-order valence-electron chi connectivity index (χ4n) is 5.20. The third kappa shape index (κ3) is 2.74. The van der Waals surface area contributed by atoms with Gasteiger partial charge in [-0.2, -0.15) is 0 Å². The molecular formula is C22H23ClN2O2. The molecule has 1 amide bonds. The average molecular weight is 383 g/mol. The lowest BCUT2D eigenvalue weighted by molar-refractivity contribution is -0.118. The van der Waals surface area contributed by atoms with Gasteiger partial charge in [-0.1, -0.05) is 36.4 Å². The predicted molar refractivity (Wildman–Crippen MR) is 107 cm³/mol. The second-order valence-electron chi connectivity index (χ2n) is 7.97. The summed E-state index contributed by atoms with van der Waals surface area (Å²) in [5.41, 5.74) is 2.83. The van der Waals surface area contributed by atoms with Gasteiger partial charge in [-0.3, -0.25) is 9.63 Å². The van der Waals surface area contributed by atoms with Crippen molar-refractivity contribution in [2.24, 2.45) is 17.8 Å². The molecule has 4 nitrogen and oxygen atoms in total. The van der Waals surface area contributed by atoms with Crippen LogP contribution in [0.2, 0.25) is 0 Å². The zero-order valence-electron chi connectivity index (χ0n) is 15.2. The van der Waals surface area contributed by atoms with E-state index in [0.717, 1.165) is 29.8 Å². The Hall–Kier alpha value is -2.04. The highest BCUT2D eigenvalue weighted by molar-refractivity contribution is 6.21. The third-order valence-electron chi connectivity index (χ3n) is 6.45. The van der Waals surface area contributed by atoms with Crippen molar-refractivity contribution in [1.29, 1.82) is 0 Å². The summed E-state index contributed by atoms with van der Waals surface area (Å²) in [7, 11) is 0. The Labute approximate surface area is 164 Å². The first kappa shape index (κ1) is 17.1. The Morgan fingerprint density at radius 2 is 1.85 bits per heavy atom. The molecule has 6 atom stereocenters. The molecule has 2 aromatic rings. The van der Waals surface area contributed by atoms with Gasteiger partial charge >= 0.3 is 0 Å². The van der Waals surface area contributed by atoms with Crippen LogP contribution in [0.3, 0.4) is 0 Å². The number of hydrogen-bond acceptors (Lipinski definition) is 3. The number of halogens is 1. The molecule has 0 radical (unpaired) electrons. The molecule has 1 aliphatic heterocycles. The van der Waals surface area contributed by atoms with E-state index >= 15 is 0 Å². The number of anilines is 2. The standard InChI is InChI=1S/C22H23ClN2O2/c1-13-7-5-6-10-18(13)24-22(26)20-19-14-11-16(17(23)12-14)21(19)27-25(20)15-8-3-2-4-9-15/h2-10,14,16-17,19-21H,11-12H2,1H3,(H,24,26)/t14-,16-,17-,19-,20+,21+/m1/s1. The smallest absolute Gasteiger partial charge is 0.250 e. The summed E-state index contributed by atoms with van der Waals surface area (Å²) >= 11 is 6.55. The lowest BCUT2D eigenvalue weighted by atomic mass is 9.81. The maximum atomic E-state index is 13.4. The molecule has 140 valence electrons. The van der Waals surface area contributed by atoms with E-state index < -0.39 is 0 Å². The molecule has 1 saturated heterocycles. The van der Waals surface area contributed by atoms with Crippen LogP contribution < -0.4 is 10.4 Å². The molecule has 1 heterocycles. The highest BCUT2D eigenvalue weighted by atomic mass is 35.5. The summed E-state index contributed by atoms with van der Waals surface area (Å²) < 4.78 is 0. The van der Waals surface area contributed by atoms with Crippen molar-refractivity contribution in [2.75, 3.05) is 10.4 Å². The van der Waals surface area contributed by atoms with Gasteiger partial charge in [0.25, 0.3) is 0 Å². The number of nitrogens with zero attached hydrogens (tertiary/aromatic N) is 1. The Morgan fingerprint density at radius 1 is 1.11 bits per heavy atom. The Bertz CT molecular complexity index is 858. The molecule has 27 heavy (non-hydrogen) atoms. The lowest BCUT2D eigenvalue weighted by Gasteiger charge is -2.29. The minimum absolute atomic E-state index is 0.000625. The molecule has 0 unspecified atom stereocenters. The number of carbonyl (C=O) groups is 1. The van der Waals surface area contributed by atoms with Gasteiger partial charge in [0.2, 0.25) is 5.91 Å². The zero-order valence-corrected chi connectivity index (χ0v) is 16.0. The second kappa shape index (κ2) is 6.54. The van der Waals surface area contributed by atoms with E-state index in [1.54, 1.807) is 0 Å². The molecule has 5 heteroatoms. The van der Waals surface area contributed by atoms with E-state index in [4.69, 9.17) is 16.4 Å². The highest BCUT2D eigenvalue weighted by Crippen LogP contribution is 2.57. The number of aryl methyl sites for hydroxylation is 1. The first-order chi connectivity index (χ1) is 13.1. The first-order valence-corrected chi connectivity index (χ1v) is 10.1. The average Bonchev–Trinajstić information content (AvgIpc) is 3.34. The van der Waals surface area contributed by atoms with Crippen molar-refractivity contribution >= 4 is 28.9 Å². The van der Waals surface area contributed by atoms with Crippen molar-refractivity contribution < 1.29 is 9.63 Å². The van der Waals surface area contributed by atoms with E-state index in [2.05, 4.69) is 5.32 Å². The number of hydroxylamine groups is 1. The number of carbonyl (C=O) groups excluding carboxylic acids is 1. The van der Waals surface area contributed by atoms with Crippen molar-refractivity contribution in [3.8, 4) is 0 Å². The monoisotopic (exact) mass is 382 g/mol. The molecule has 3 fully saturated rings. The van der Waals surface area contributed by atoms with E-state index in [9.17, 15) is 4.79 Å². The summed E-state index contributed by atoms with van der Waals surface area (Å²) in [6, 6.07) is 17.5. The predicted octanol–water partition coefficient (Wildman–Crippen LogP) is 4.39. The molecule has 2 aliphatic carbocycles. The molecule has 2 aromatic carbocycles. The van der Waals surface area contributed by atoms with Crippen LogP contribution in [0.15, 0.2) is 54.6 Å². The van der Waals surface area contributed by atoms with Gasteiger partial charge < -0.3 is 5.32 Å². The minimum atomic E-state index is -0.337.